The lowest BCUT2D eigenvalue weighted by Gasteiger charge is -2.18. The van der Waals surface area contributed by atoms with Crippen molar-refractivity contribution < 1.29 is 0 Å². The van der Waals surface area contributed by atoms with Gasteiger partial charge in [-0.3, -0.25) is 0 Å². The van der Waals surface area contributed by atoms with Gasteiger partial charge in [-0.1, -0.05) is 188 Å². The Morgan fingerprint density at radius 3 is 0.964 bits per heavy atom. The maximum Gasteiger partial charge on any atom is -0.00199 e. The van der Waals surface area contributed by atoms with Crippen LogP contribution >= 0.6 is 0 Å². The highest BCUT2D eigenvalue weighted by molar-refractivity contribution is 6.34. The standard InChI is InChI=1S/C56H34/c1-2-14-35(15-3-1)38-30-31-49-52(32-38)41-18-5-7-20-43(41)54-34-51(45-22-10-13-25-48(45)56(49)54)37-28-26-36(27-29-37)50-33-53-42-19-6-4-16-39(42)40-17-8-11-23-46(40)55(53)47-24-12-9-21-44(47)50/h1-34H. The van der Waals surface area contributed by atoms with Crippen LogP contribution in [-0.2, 0) is 0 Å². The molecule has 12 aromatic rings. The minimum atomic E-state index is 1.22. The van der Waals surface area contributed by atoms with E-state index < -0.39 is 0 Å². The van der Waals surface area contributed by atoms with Crippen molar-refractivity contribution in [2.24, 2.45) is 0 Å². The van der Waals surface area contributed by atoms with Crippen LogP contribution in [0.15, 0.2) is 206 Å². The summed E-state index contributed by atoms with van der Waals surface area (Å²) in [5.41, 5.74) is 7.43. The Hall–Kier alpha value is -7.28. The molecule has 0 unspecified atom stereocenters. The van der Waals surface area contributed by atoms with Crippen molar-refractivity contribution >= 4 is 86.2 Å². The Bertz CT molecular complexity index is 3560. The largest absolute Gasteiger partial charge is 0.0622 e. The first-order valence-electron chi connectivity index (χ1n) is 19.5. The summed E-state index contributed by atoms with van der Waals surface area (Å²) < 4.78 is 0. The van der Waals surface area contributed by atoms with E-state index in [0.717, 1.165) is 0 Å². The minimum Gasteiger partial charge on any atom is -0.0622 e. The molecule has 0 aliphatic rings. The average Bonchev–Trinajstić information content (AvgIpc) is 3.28. The zero-order chi connectivity index (χ0) is 36.7. The second-order valence-electron chi connectivity index (χ2n) is 15.1. The van der Waals surface area contributed by atoms with Crippen LogP contribution in [0.1, 0.15) is 0 Å². The van der Waals surface area contributed by atoms with Gasteiger partial charge in [-0.05, 0) is 138 Å². The van der Waals surface area contributed by atoms with E-state index in [4.69, 9.17) is 0 Å². The molecule has 56 heavy (non-hydrogen) atoms. The van der Waals surface area contributed by atoms with Gasteiger partial charge in [-0.2, -0.15) is 0 Å². The van der Waals surface area contributed by atoms with Crippen LogP contribution in [0, 0.1) is 0 Å². The summed E-state index contributed by atoms with van der Waals surface area (Å²) in [6.07, 6.45) is 0. The smallest absolute Gasteiger partial charge is 0.00199 e. The van der Waals surface area contributed by atoms with Gasteiger partial charge in [0, 0.05) is 0 Å². The predicted octanol–water partition coefficient (Wildman–Crippen LogP) is 15.9. The van der Waals surface area contributed by atoms with E-state index in [1.54, 1.807) is 0 Å². The molecule has 0 heterocycles. The Morgan fingerprint density at radius 1 is 0.161 bits per heavy atom. The molecule has 0 heteroatoms. The SMILES string of the molecule is c1ccc(-c2ccc3c(c2)c2ccccc2c2cc(-c4ccc(-c5cc6c7ccccc7c7ccccc7c6c6ccccc56)cc4)c4ccccc4c32)cc1. The summed E-state index contributed by atoms with van der Waals surface area (Å²) in [7, 11) is 0. The van der Waals surface area contributed by atoms with E-state index in [1.165, 1.54) is 120 Å². The van der Waals surface area contributed by atoms with Gasteiger partial charge in [0.15, 0.2) is 0 Å². The van der Waals surface area contributed by atoms with Gasteiger partial charge in [0.25, 0.3) is 0 Å². The quantitative estimate of drug-likeness (QED) is 0.160. The molecule has 0 aliphatic heterocycles. The summed E-state index contributed by atoms with van der Waals surface area (Å²) >= 11 is 0. The molecule has 0 N–H and O–H groups in total. The lowest BCUT2D eigenvalue weighted by atomic mass is 9.86. The van der Waals surface area contributed by atoms with Gasteiger partial charge in [0.2, 0.25) is 0 Å². The Kier molecular flexibility index (Phi) is 6.73. The van der Waals surface area contributed by atoms with Crippen molar-refractivity contribution in [3.05, 3.63) is 206 Å². The van der Waals surface area contributed by atoms with Gasteiger partial charge >= 0.3 is 0 Å². The molecule has 0 nitrogen and oxygen atoms in total. The zero-order valence-electron chi connectivity index (χ0n) is 30.6. The maximum atomic E-state index is 2.45. The molecule has 0 amide bonds. The monoisotopic (exact) mass is 706 g/mol. The Balaban J connectivity index is 1.08. The fourth-order valence-electron chi connectivity index (χ4n) is 9.70. The molecule has 0 spiro atoms. The summed E-state index contributed by atoms with van der Waals surface area (Å²) in [5.74, 6) is 0. The number of fused-ring (bicyclic) bond motifs is 16. The van der Waals surface area contributed by atoms with Crippen molar-refractivity contribution in [1.29, 1.82) is 0 Å². The van der Waals surface area contributed by atoms with Crippen LogP contribution in [-0.4, -0.2) is 0 Å². The molecule has 258 valence electrons. The van der Waals surface area contributed by atoms with Crippen molar-refractivity contribution in [3.8, 4) is 33.4 Å². The molecular weight excluding hydrogens is 673 g/mol. The fourth-order valence-corrected chi connectivity index (χ4v) is 9.70. The maximum absolute atomic E-state index is 2.45. The highest BCUT2D eigenvalue weighted by Gasteiger charge is 2.18. The number of rotatable bonds is 3. The summed E-state index contributed by atoms with van der Waals surface area (Å²) in [5, 5.41) is 20.7. The van der Waals surface area contributed by atoms with Crippen molar-refractivity contribution in [3.63, 3.8) is 0 Å². The third kappa shape index (κ3) is 4.54. The molecule has 0 radical (unpaired) electrons. The van der Waals surface area contributed by atoms with Crippen LogP contribution in [0.25, 0.3) is 120 Å². The van der Waals surface area contributed by atoms with E-state index in [1.807, 2.05) is 0 Å². The highest BCUT2D eigenvalue weighted by Crippen LogP contribution is 2.46. The second-order valence-corrected chi connectivity index (χ2v) is 15.1. The van der Waals surface area contributed by atoms with Crippen molar-refractivity contribution in [2.75, 3.05) is 0 Å². The van der Waals surface area contributed by atoms with E-state index in [-0.39, 0.29) is 0 Å². The van der Waals surface area contributed by atoms with Crippen molar-refractivity contribution in [1.82, 2.24) is 0 Å². The van der Waals surface area contributed by atoms with Gasteiger partial charge in [-0.25, -0.2) is 0 Å². The molecule has 0 bridgehead atoms. The molecule has 0 atom stereocenters. The first kappa shape index (κ1) is 31.1. The van der Waals surface area contributed by atoms with Gasteiger partial charge in [-0.15, -0.1) is 0 Å². The third-order valence-corrected chi connectivity index (χ3v) is 12.2. The molecule has 0 saturated carbocycles. The molecule has 0 aromatic heterocycles. The van der Waals surface area contributed by atoms with Gasteiger partial charge in [0.1, 0.15) is 0 Å². The topological polar surface area (TPSA) is 0 Å². The molecule has 0 aliphatic carbocycles. The Labute approximate surface area is 324 Å². The molecule has 12 rings (SSSR count). The van der Waals surface area contributed by atoms with E-state index in [0.29, 0.717) is 0 Å². The van der Waals surface area contributed by atoms with Crippen LogP contribution in [0.2, 0.25) is 0 Å². The highest BCUT2D eigenvalue weighted by atomic mass is 14.2. The van der Waals surface area contributed by atoms with E-state index >= 15 is 0 Å². The normalized spacial score (nSPS) is 11.9. The van der Waals surface area contributed by atoms with Crippen LogP contribution in [0.3, 0.4) is 0 Å². The molecule has 0 fully saturated rings. The molecule has 12 aromatic carbocycles. The van der Waals surface area contributed by atoms with Gasteiger partial charge in [0.05, 0.1) is 0 Å². The first-order chi connectivity index (χ1) is 27.8. The average molecular weight is 707 g/mol. The third-order valence-electron chi connectivity index (χ3n) is 12.2. The van der Waals surface area contributed by atoms with Gasteiger partial charge < -0.3 is 0 Å². The van der Waals surface area contributed by atoms with Crippen molar-refractivity contribution in [2.45, 2.75) is 0 Å². The number of benzene rings is 12. The number of hydrogen-bond donors (Lipinski definition) is 0. The van der Waals surface area contributed by atoms with E-state index in [2.05, 4.69) is 206 Å². The minimum absolute atomic E-state index is 1.22. The summed E-state index contributed by atoms with van der Waals surface area (Å²) in [4.78, 5) is 0. The zero-order valence-corrected chi connectivity index (χ0v) is 30.6. The van der Waals surface area contributed by atoms with E-state index in [9.17, 15) is 0 Å². The predicted molar refractivity (Wildman–Crippen MR) is 243 cm³/mol. The fraction of sp³-hybridized carbons (Fsp3) is 0. The van der Waals surface area contributed by atoms with Crippen LogP contribution in [0.5, 0.6) is 0 Å². The molecular formula is C56H34. The first-order valence-corrected chi connectivity index (χ1v) is 19.5. The number of hydrogen-bond acceptors (Lipinski definition) is 0. The summed E-state index contributed by atoms with van der Waals surface area (Å²) in [6, 6.07) is 76.5. The lowest BCUT2D eigenvalue weighted by Crippen LogP contribution is -1.90. The summed E-state index contributed by atoms with van der Waals surface area (Å²) in [6.45, 7) is 0. The molecule has 0 saturated heterocycles. The second kappa shape index (κ2) is 12.1. The van der Waals surface area contributed by atoms with Crippen LogP contribution < -0.4 is 0 Å². The lowest BCUT2D eigenvalue weighted by molar-refractivity contribution is 1.64. The van der Waals surface area contributed by atoms with Crippen LogP contribution in [0.4, 0.5) is 0 Å². The Morgan fingerprint density at radius 2 is 0.482 bits per heavy atom.